The third kappa shape index (κ3) is 8.33. The van der Waals surface area contributed by atoms with Gasteiger partial charge < -0.3 is 13.9 Å². The number of cyclic esters (lactones) is 1. The van der Waals surface area contributed by atoms with Crippen LogP contribution in [-0.4, -0.2) is 33.6 Å². The lowest BCUT2D eigenvalue weighted by molar-refractivity contribution is -0.154. The van der Waals surface area contributed by atoms with Crippen LogP contribution in [0.5, 0.6) is 5.75 Å². The molecule has 3 rings (SSSR count). The van der Waals surface area contributed by atoms with Gasteiger partial charge in [-0.15, -0.1) is 0 Å². The van der Waals surface area contributed by atoms with Crippen molar-refractivity contribution in [1.82, 2.24) is 0 Å². The van der Waals surface area contributed by atoms with E-state index < -0.39 is 8.32 Å². The lowest BCUT2D eigenvalue weighted by Crippen LogP contribution is -2.47. The fraction of sp³-hybridized carbons (Fsp3) is 0.658. The number of hydrogen-bond donors (Lipinski definition) is 0. The van der Waals surface area contributed by atoms with Gasteiger partial charge >= 0.3 is 5.97 Å². The Hall–Kier alpha value is -2.11. The van der Waals surface area contributed by atoms with Crippen LogP contribution < -0.4 is 4.74 Å². The second kappa shape index (κ2) is 13.9. The van der Waals surface area contributed by atoms with Crippen LogP contribution in [0.1, 0.15) is 115 Å². The number of esters is 1. The molecule has 1 fully saturated rings. The minimum absolute atomic E-state index is 0.0703. The fourth-order valence-corrected chi connectivity index (χ4v) is 7.72. The predicted octanol–water partition coefficient (Wildman–Crippen LogP) is 10.1. The highest BCUT2D eigenvalue weighted by Gasteiger charge is 2.41. The normalized spacial score (nSPS) is 17.5. The molecule has 1 unspecified atom stereocenters. The molecule has 4 nitrogen and oxygen atoms in total. The molecule has 0 bridgehead atoms. The zero-order valence-corrected chi connectivity index (χ0v) is 30.4. The van der Waals surface area contributed by atoms with Gasteiger partial charge in [-0.2, -0.15) is 0 Å². The van der Waals surface area contributed by atoms with Gasteiger partial charge in [-0.1, -0.05) is 85.7 Å². The SMILES string of the molecule is CCC(CC)(c1ccc(CC[C@H](O[Si](C)(C)C(C)(C)C)C(C)(C)C)c(C)c1)c1ccc(OCC2CCCOC2=O)c(C)c1. The third-order valence-electron chi connectivity index (χ3n) is 10.4. The molecular weight excluding hydrogens is 549 g/mol. The van der Waals surface area contributed by atoms with Crippen LogP contribution in [0.4, 0.5) is 0 Å². The largest absolute Gasteiger partial charge is 0.492 e. The highest BCUT2D eigenvalue weighted by molar-refractivity contribution is 6.74. The summed E-state index contributed by atoms with van der Waals surface area (Å²) in [6.07, 6.45) is 6.05. The van der Waals surface area contributed by atoms with Crippen LogP contribution in [0, 0.1) is 25.2 Å². The van der Waals surface area contributed by atoms with Crippen molar-refractivity contribution in [3.8, 4) is 5.75 Å². The summed E-state index contributed by atoms with van der Waals surface area (Å²) < 4.78 is 18.3. The molecule has 0 amide bonds. The molecule has 0 radical (unpaired) electrons. The molecule has 1 heterocycles. The molecule has 240 valence electrons. The third-order valence-corrected chi connectivity index (χ3v) is 14.9. The quantitative estimate of drug-likeness (QED) is 0.178. The zero-order chi connectivity index (χ0) is 32.2. The van der Waals surface area contributed by atoms with Crippen molar-refractivity contribution in [3.05, 3.63) is 64.2 Å². The van der Waals surface area contributed by atoms with Crippen LogP contribution in [0.15, 0.2) is 36.4 Å². The van der Waals surface area contributed by atoms with Gasteiger partial charge in [0, 0.05) is 5.41 Å². The van der Waals surface area contributed by atoms with Crippen LogP contribution in [0.3, 0.4) is 0 Å². The first-order valence-electron chi connectivity index (χ1n) is 16.6. The first kappa shape index (κ1) is 35.4. The summed E-state index contributed by atoms with van der Waals surface area (Å²) in [5.74, 6) is 0.549. The molecule has 2 atom stereocenters. The molecule has 43 heavy (non-hydrogen) atoms. The van der Waals surface area contributed by atoms with E-state index in [4.69, 9.17) is 13.9 Å². The van der Waals surface area contributed by atoms with E-state index in [9.17, 15) is 4.79 Å². The van der Waals surface area contributed by atoms with E-state index in [0.29, 0.717) is 13.2 Å². The Morgan fingerprint density at radius 3 is 2.05 bits per heavy atom. The Kier molecular flexibility index (Phi) is 11.4. The summed E-state index contributed by atoms with van der Waals surface area (Å²) in [6.45, 7) is 28.6. The van der Waals surface area contributed by atoms with E-state index in [1.807, 2.05) is 0 Å². The van der Waals surface area contributed by atoms with E-state index in [2.05, 4.69) is 119 Å². The van der Waals surface area contributed by atoms with Gasteiger partial charge in [-0.25, -0.2) is 0 Å². The van der Waals surface area contributed by atoms with Crippen LogP contribution >= 0.6 is 0 Å². The maximum Gasteiger partial charge on any atom is 0.312 e. The number of aryl methyl sites for hydroxylation is 3. The predicted molar refractivity (Wildman–Crippen MR) is 183 cm³/mol. The second-order valence-electron chi connectivity index (χ2n) is 15.5. The smallest absolute Gasteiger partial charge is 0.312 e. The molecule has 1 aliphatic rings. The lowest BCUT2D eigenvalue weighted by Gasteiger charge is -2.43. The molecular formula is C38H60O4Si. The molecule has 0 spiro atoms. The zero-order valence-electron chi connectivity index (χ0n) is 29.4. The number of hydrogen-bond acceptors (Lipinski definition) is 4. The number of benzene rings is 2. The summed E-state index contributed by atoms with van der Waals surface area (Å²) in [5, 5.41) is 0.198. The molecule has 2 aromatic rings. The van der Waals surface area contributed by atoms with E-state index in [-0.39, 0.29) is 33.9 Å². The minimum Gasteiger partial charge on any atom is -0.492 e. The first-order chi connectivity index (χ1) is 19.9. The van der Waals surface area contributed by atoms with Crippen molar-refractivity contribution in [2.24, 2.45) is 11.3 Å². The molecule has 1 saturated heterocycles. The van der Waals surface area contributed by atoms with E-state index >= 15 is 0 Å². The number of carbonyl (C=O) groups excluding carboxylic acids is 1. The summed E-state index contributed by atoms with van der Waals surface area (Å²) in [4.78, 5) is 12.1. The maximum atomic E-state index is 12.1. The van der Waals surface area contributed by atoms with E-state index in [0.717, 1.165) is 49.8 Å². The van der Waals surface area contributed by atoms with Gasteiger partial charge in [0.15, 0.2) is 8.32 Å². The Balaban J connectivity index is 1.80. The lowest BCUT2D eigenvalue weighted by atomic mass is 9.69. The van der Waals surface area contributed by atoms with E-state index in [1.54, 1.807) is 0 Å². The van der Waals surface area contributed by atoms with Gasteiger partial charge in [0.05, 0.1) is 18.6 Å². The average Bonchev–Trinajstić information content (AvgIpc) is 2.92. The summed E-state index contributed by atoms with van der Waals surface area (Å²) >= 11 is 0. The standard InChI is InChI=1S/C38H60O4Si/c1-13-38(14-2,32-20-21-33(28(4)25-32)41-26-30-16-15-23-40-35(30)39)31-19-17-29(27(3)24-31)18-22-34(36(5,6)7)42-43(11,12)37(8,9)10/h17,19-21,24-25,30,34H,13-16,18,22-23,26H2,1-12H3/t30?,34-/m0/s1. The van der Waals surface area contributed by atoms with Crippen molar-refractivity contribution in [2.75, 3.05) is 13.2 Å². The molecule has 0 N–H and O–H groups in total. The Morgan fingerprint density at radius 2 is 1.53 bits per heavy atom. The number of ether oxygens (including phenoxy) is 2. The summed E-state index contributed by atoms with van der Waals surface area (Å²) in [6, 6.07) is 13.8. The molecule has 5 heteroatoms. The maximum absolute atomic E-state index is 12.1. The Labute approximate surface area is 264 Å². The van der Waals surface area contributed by atoms with Crippen molar-refractivity contribution >= 4 is 14.3 Å². The van der Waals surface area contributed by atoms with Crippen molar-refractivity contribution in [3.63, 3.8) is 0 Å². The van der Waals surface area contributed by atoms with Crippen LogP contribution in [-0.2, 0) is 25.8 Å². The summed E-state index contributed by atoms with van der Waals surface area (Å²) in [5.41, 5.74) is 6.61. The molecule has 0 aromatic heterocycles. The van der Waals surface area contributed by atoms with Crippen molar-refractivity contribution in [2.45, 2.75) is 137 Å². The molecule has 2 aromatic carbocycles. The van der Waals surface area contributed by atoms with Crippen LogP contribution in [0.25, 0.3) is 0 Å². The number of carbonyl (C=O) groups is 1. The second-order valence-corrected chi connectivity index (χ2v) is 20.3. The van der Waals surface area contributed by atoms with Gasteiger partial charge in [0.2, 0.25) is 0 Å². The summed E-state index contributed by atoms with van der Waals surface area (Å²) in [7, 11) is -1.87. The Morgan fingerprint density at radius 1 is 0.930 bits per heavy atom. The molecule has 0 aliphatic carbocycles. The fourth-order valence-electron chi connectivity index (χ4n) is 6.18. The molecule has 1 aliphatic heterocycles. The van der Waals surface area contributed by atoms with Crippen molar-refractivity contribution in [1.29, 1.82) is 0 Å². The highest BCUT2D eigenvalue weighted by atomic mass is 28.4. The van der Waals surface area contributed by atoms with Crippen LogP contribution in [0.2, 0.25) is 18.1 Å². The van der Waals surface area contributed by atoms with Crippen molar-refractivity contribution < 1.29 is 18.7 Å². The topological polar surface area (TPSA) is 44.8 Å². The Bertz CT molecular complexity index is 1230. The van der Waals surface area contributed by atoms with Gasteiger partial charge in [0.1, 0.15) is 12.4 Å². The first-order valence-corrected chi connectivity index (χ1v) is 19.5. The highest BCUT2D eigenvalue weighted by Crippen LogP contribution is 2.42. The minimum atomic E-state index is -1.87. The monoisotopic (exact) mass is 608 g/mol. The van der Waals surface area contributed by atoms with E-state index in [1.165, 1.54) is 22.3 Å². The van der Waals surface area contributed by atoms with Gasteiger partial charge in [-0.05, 0) is 110 Å². The number of rotatable bonds is 12. The average molecular weight is 609 g/mol. The van der Waals surface area contributed by atoms with Gasteiger partial charge in [0.25, 0.3) is 0 Å². The molecule has 0 saturated carbocycles. The van der Waals surface area contributed by atoms with Gasteiger partial charge in [-0.3, -0.25) is 4.79 Å².